The number of carbonyl (C=O) groups excluding carboxylic acids is 3. The largest absolute Gasteiger partial charge is 0.466 e. The zero-order valence-corrected chi connectivity index (χ0v) is 17.3. The van der Waals surface area contributed by atoms with E-state index in [1.807, 2.05) is 13.0 Å². The van der Waals surface area contributed by atoms with Crippen LogP contribution in [0, 0.1) is 17.8 Å². The minimum Gasteiger partial charge on any atom is -0.466 e. The van der Waals surface area contributed by atoms with E-state index in [4.69, 9.17) is 14.2 Å². The third kappa shape index (κ3) is 4.91. The van der Waals surface area contributed by atoms with E-state index in [2.05, 4.69) is 13.5 Å². The van der Waals surface area contributed by atoms with Gasteiger partial charge in [0.1, 0.15) is 12.2 Å². The second-order valence-electron chi connectivity index (χ2n) is 7.69. The second-order valence-corrected chi connectivity index (χ2v) is 7.69. The number of hydrogen-bond acceptors (Lipinski definition) is 6. The summed E-state index contributed by atoms with van der Waals surface area (Å²) in [7, 11) is 0. The summed E-state index contributed by atoms with van der Waals surface area (Å²) in [5.74, 6) is -1.20. The molecule has 1 heterocycles. The minimum absolute atomic E-state index is 0.0683. The predicted molar refractivity (Wildman–Crippen MR) is 104 cm³/mol. The molecule has 0 bridgehead atoms. The number of ether oxygens (including phenoxy) is 3. The van der Waals surface area contributed by atoms with Crippen LogP contribution >= 0.6 is 0 Å². The van der Waals surface area contributed by atoms with Crippen LogP contribution in [0.5, 0.6) is 0 Å². The molecule has 6 nitrogen and oxygen atoms in total. The molecule has 5 atom stereocenters. The minimum atomic E-state index is -0.448. The molecule has 1 fully saturated rings. The first-order valence-electron chi connectivity index (χ1n) is 9.71. The lowest BCUT2D eigenvalue weighted by Crippen LogP contribution is -2.34. The lowest BCUT2D eigenvalue weighted by Gasteiger charge is -2.32. The Kier molecular flexibility index (Phi) is 7.22. The number of rotatable bonds is 6. The van der Waals surface area contributed by atoms with E-state index in [0.717, 1.165) is 5.57 Å². The first-order chi connectivity index (χ1) is 13.1. The molecular weight excluding hydrogens is 360 g/mol. The van der Waals surface area contributed by atoms with Crippen molar-refractivity contribution >= 4 is 17.9 Å². The van der Waals surface area contributed by atoms with Crippen molar-refractivity contribution in [3.63, 3.8) is 0 Å². The average molecular weight is 390 g/mol. The van der Waals surface area contributed by atoms with Crippen molar-refractivity contribution in [2.45, 2.75) is 59.7 Å². The van der Waals surface area contributed by atoms with Crippen LogP contribution in [-0.2, 0) is 28.6 Å². The molecule has 2 rings (SSSR count). The molecule has 0 aromatic heterocycles. The van der Waals surface area contributed by atoms with Crippen molar-refractivity contribution in [3.8, 4) is 0 Å². The van der Waals surface area contributed by atoms with Gasteiger partial charge in [-0.25, -0.2) is 9.59 Å². The van der Waals surface area contributed by atoms with Gasteiger partial charge in [-0.15, -0.1) is 0 Å². The maximum Gasteiger partial charge on any atom is 0.334 e. The maximum absolute atomic E-state index is 12.4. The Morgan fingerprint density at radius 3 is 2.68 bits per heavy atom. The summed E-state index contributed by atoms with van der Waals surface area (Å²) in [5, 5.41) is 0. The van der Waals surface area contributed by atoms with Gasteiger partial charge < -0.3 is 14.2 Å². The fraction of sp³-hybridized carbons (Fsp3) is 0.591. The highest BCUT2D eigenvalue weighted by atomic mass is 16.6. The molecule has 0 unspecified atom stereocenters. The molecule has 1 aliphatic carbocycles. The summed E-state index contributed by atoms with van der Waals surface area (Å²) in [6, 6.07) is 0. The van der Waals surface area contributed by atoms with Gasteiger partial charge in [-0.2, -0.15) is 0 Å². The van der Waals surface area contributed by atoms with Gasteiger partial charge in [-0.3, -0.25) is 4.79 Å². The van der Waals surface area contributed by atoms with Crippen molar-refractivity contribution in [1.29, 1.82) is 0 Å². The topological polar surface area (TPSA) is 78.9 Å². The summed E-state index contributed by atoms with van der Waals surface area (Å²) >= 11 is 0. The third-order valence-electron chi connectivity index (χ3n) is 5.63. The van der Waals surface area contributed by atoms with Crippen molar-refractivity contribution in [2.75, 3.05) is 6.61 Å². The second kappa shape index (κ2) is 9.22. The monoisotopic (exact) mass is 390 g/mol. The molecule has 0 N–H and O–H groups in total. The van der Waals surface area contributed by atoms with Crippen LogP contribution in [0.4, 0.5) is 0 Å². The normalized spacial score (nSPS) is 28.6. The number of hydrogen-bond donors (Lipinski definition) is 0. The highest BCUT2D eigenvalue weighted by molar-refractivity contribution is 5.91. The van der Waals surface area contributed by atoms with E-state index in [-0.39, 0.29) is 48.4 Å². The van der Waals surface area contributed by atoms with Gasteiger partial charge in [0.15, 0.2) is 0 Å². The maximum atomic E-state index is 12.4. The van der Waals surface area contributed by atoms with E-state index < -0.39 is 6.10 Å². The smallest absolute Gasteiger partial charge is 0.334 e. The van der Waals surface area contributed by atoms with Gasteiger partial charge in [-0.05, 0) is 33.1 Å². The van der Waals surface area contributed by atoms with Crippen LogP contribution in [0.2, 0.25) is 0 Å². The fourth-order valence-electron chi connectivity index (χ4n) is 4.04. The average Bonchev–Trinajstić information content (AvgIpc) is 2.80. The van der Waals surface area contributed by atoms with Crippen LogP contribution in [0.3, 0.4) is 0 Å². The number of esters is 3. The molecule has 0 spiro atoms. The van der Waals surface area contributed by atoms with Gasteiger partial charge >= 0.3 is 17.9 Å². The Hall–Kier alpha value is -2.37. The van der Waals surface area contributed by atoms with Crippen molar-refractivity contribution in [2.24, 2.45) is 17.8 Å². The molecule has 28 heavy (non-hydrogen) atoms. The zero-order valence-electron chi connectivity index (χ0n) is 17.3. The molecule has 0 aromatic rings. The molecule has 0 amide bonds. The quantitative estimate of drug-likeness (QED) is 0.299. The third-order valence-corrected chi connectivity index (χ3v) is 5.63. The Labute approximate surface area is 166 Å². The Morgan fingerprint density at radius 2 is 2.07 bits per heavy atom. The van der Waals surface area contributed by atoms with Gasteiger partial charge in [0.25, 0.3) is 0 Å². The summed E-state index contributed by atoms with van der Waals surface area (Å²) in [5.41, 5.74) is 2.02. The molecule has 154 valence electrons. The standard InChI is InChI=1S/C22H30O6/c1-7-12(2)21(24)27-18(8-9-26-16(6)23)20-13(3)10-17-15(5)22(25)28-19(17)11-14(20)4/h7,10,14,17-20H,5,8-9,11H2,1-4,6H3/b12-7-/t14-,17-,18+,19-,20-/m1/s1. The number of allylic oxidation sites excluding steroid dienone is 1. The Morgan fingerprint density at radius 1 is 1.39 bits per heavy atom. The Bertz CT molecular complexity index is 717. The zero-order chi connectivity index (χ0) is 21.0. The molecule has 6 heteroatoms. The molecule has 1 saturated heterocycles. The summed E-state index contributed by atoms with van der Waals surface area (Å²) in [6.45, 7) is 12.9. The molecule has 0 radical (unpaired) electrons. The van der Waals surface area contributed by atoms with E-state index in [1.54, 1.807) is 19.9 Å². The number of fused-ring (bicyclic) bond motifs is 1. The summed E-state index contributed by atoms with van der Waals surface area (Å²) in [6.07, 6.45) is 4.09. The van der Waals surface area contributed by atoms with Gasteiger partial charge in [0.05, 0.1) is 6.61 Å². The lowest BCUT2D eigenvalue weighted by molar-refractivity contribution is -0.150. The first-order valence-corrected chi connectivity index (χ1v) is 9.71. The van der Waals surface area contributed by atoms with Gasteiger partial charge in [0.2, 0.25) is 0 Å². The van der Waals surface area contributed by atoms with E-state index in [0.29, 0.717) is 24.0 Å². The van der Waals surface area contributed by atoms with Crippen molar-refractivity contribution in [3.05, 3.63) is 35.5 Å². The SMILES string of the molecule is C=C1C(=O)O[C@@H]2C[C@@H](C)[C@H]([C@H](CCOC(C)=O)OC(=O)/C(C)=C\C)C(C)=C[C@H]12. The van der Waals surface area contributed by atoms with Crippen LogP contribution in [-0.4, -0.2) is 36.7 Å². The molecule has 1 aliphatic heterocycles. The van der Waals surface area contributed by atoms with E-state index >= 15 is 0 Å². The molecule has 0 aromatic carbocycles. The highest BCUT2D eigenvalue weighted by Crippen LogP contribution is 2.42. The Balaban J connectivity index is 2.28. The first kappa shape index (κ1) is 21.9. The van der Waals surface area contributed by atoms with Crippen molar-refractivity contribution < 1.29 is 28.6 Å². The van der Waals surface area contributed by atoms with Gasteiger partial charge in [0, 0.05) is 36.3 Å². The summed E-state index contributed by atoms with van der Waals surface area (Å²) < 4.78 is 16.4. The highest BCUT2D eigenvalue weighted by Gasteiger charge is 2.43. The van der Waals surface area contributed by atoms with E-state index in [9.17, 15) is 14.4 Å². The fourth-order valence-corrected chi connectivity index (χ4v) is 4.04. The molecule has 2 aliphatic rings. The van der Waals surface area contributed by atoms with Crippen molar-refractivity contribution in [1.82, 2.24) is 0 Å². The van der Waals surface area contributed by atoms with Crippen LogP contribution in [0.1, 0.15) is 47.5 Å². The van der Waals surface area contributed by atoms with Gasteiger partial charge in [-0.1, -0.05) is 31.2 Å². The molecular formula is C22H30O6. The van der Waals surface area contributed by atoms with Crippen LogP contribution in [0.15, 0.2) is 35.5 Å². The predicted octanol–water partition coefficient (Wildman–Crippen LogP) is 3.52. The van der Waals surface area contributed by atoms with E-state index in [1.165, 1.54) is 6.92 Å². The molecule has 0 saturated carbocycles. The number of carbonyl (C=O) groups is 3. The van der Waals surface area contributed by atoms with Crippen LogP contribution in [0.25, 0.3) is 0 Å². The van der Waals surface area contributed by atoms with Crippen LogP contribution < -0.4 is 0 Å². The summed E-state index contributed by atoms with van der Waals surface area (Å²) in [4.78, 5) is 35.4. The lowest BCUT2D eigenvalue weighted by atomic mass is 9.81.